The fourth-order valence-corrected chi connectivity index (χ4v) is 1.64. The van der Waals surface area contributed by atoms with E-state index in [2.05, 4.69) is 0 Å². The van der Waals surface area contributed by atoms with E-state index >= 15 is 0 Å². The van der Waals surface area contributed by atoms with Crippen LogP contribution in [0.4, 0.5) is 0 Å². The Labute approximate surface area is 109 Å². The molecule has 0 spiro atoms. The van der Waals surface area contributed by atoms with Crippen molar-refractivity contribution in [3.8, 4) is 5.75 Å². The van der Waals surface area contributed by atoms with Gasteiger partial charge in [0.15, 0.2) is 5.78 Å². The molecular weight excluding hydrogens is 244 g/mol. The molecule has 1 N–H and O–H groups in total. The SMILES string of the molecule is Cc1cc(O)c(C(=O)/C=C/c2ccccc2)c(=O)o1. The van der Waals surface area contributed by atoms with Gasteiger partial charge < -0.3 is 9.52 Å². The first-order chi connectivity index (χ1) is 9.08. The normalized spacial score (nSPS) is 10.8. The summed E-state index contributed by atoms with van der Waals surface area (Å²) in [6, 6.07) is 10.4. The summed E-state index contributed by atoms with van der Waals surface area (Å²) in [7, 11) is 0. The lowest BCUT2D eigenvalue weighted by Crippen LogP contribution is -2.12. The van der Waals surface area contributed by atoms with Gasteiger partial charge in [-0.25, -0.2) is 4.79 Å². The molecule has 0 aliphatic heterocycles. The highest BCUT2D eigenvalue weighted by molar-refractivity contribution is 6.08. The number of aryl methyl sites for hydroxylation is 1. The van der Waals surface area contributed by atoms with Crippen LogP contribution in [0.15, 0.2) is 51.7 Å². The van der Waals surface area contributed by atoms with Crippen molar-refractivity contribution in [1.29, 1.82) is 0 Å². The number of carbonyl (C=O) groups excluding carboxylic acids is 1. The van der Waals surface area contributed by atoms with Gasteiger partial charge in [0.2, 0.25) is 0 Å². The maximum Gasteiger partial charge on any atom is 0.351 e. The van der Waals surface area contributed by atoms with Crippen molar-refractivity contribution in [2.24, 2.45) is 0 Å². The van der Waals surface area contributed by atoms with Crippen LogP contribution in [0.25, 0.3) is 6.08 Å². The molecule has 0 unspecified atom stereocenters. The van der Waals surface area contributed by atoms with Gasteiger partial charge in [0.1, 0.15) is 17.1 Å². The molecule has 0 aliphatic carbocycles. The first kappa shape index (κ1) is 12.8. The van der Waals surface area contributed by atoms with Crippen molar-refractivity contribution in [3.63, 3.8) is 0 Å². The topological polar surface area (TPSA) is 67.5 Å². The van der Waals surface area contributed by atoms with Crippen LogP contribution in [-0.4, -0.2) is 10.9 Å². The highest BCUT2D eigenvalue weighted by Crippen LogP contribution is 2.15. The number of benzene rings is 1. The van der Waals surface area contributed by atoms with Crippen LogP contribution in [0.2, 0.25) is 0 Å². The molecule has 96 valence electrons. The Kier molecular flexibility index (Phi) is 3.61. The number of hydrogen-bond acceptors (Lipinski definition) is 4. The lowest BCUT2D eigenvalue weighted by Gasteiger charge is -1.99. The maximum atomic E-state index is 11.9. The quantitative estimate of drug-likeness (QED) is 0.677. The van der Waals surface area contributed by atoms with E-state index in [4.69, 9.17) is 4.42 Å². The Bertz CT molecular complexity index is 681. The molecule has 0 bridgehead atoms. The molecule has 2 aromatic rings. The molecule has 0 atom stereocenters. The number of hydrogen-bond donors (Lipinski definition) is 1. The van der Waals surface area contributed by atoms with E-state index in [0.717, 1.165) is 5.56 Å². The second kappa shape index (κ2) is 5.35. The Balaban J connectivity index is 2.31. The molecule has 0 saturated carbocycles. The van der Waals surface area contributed by atoms with Crippen LogP contribution in [-0.2, 0) is 0 Å². The standard InChI is InChI=1S/C15H12O4/c1-10-9-13(17)14(15(18)19-10)12(16)8-7-11-5-3-2-4-6-11/h2-9,17H,1H3/b8-7+. The summed E-state index contributed by atoms with van der Waals surface area (Å²) in [5.41, 5.74) is -0.357. The van der Waals surface area contributed by atoms with Crippen LogP contribution in [0, 0.1) is 6.92 Å². The summed E-state index contributed by atoms with van der Waals surface area (Å²) >= 11 is 0. The molecule has 0 amide bonds. The molecule has 0 saturated heterocycles. The minimum Gasteiger partial charge on any atom is -0.507 e. The predicted octanol–water partition coefficient (Wildman–Crippen LogP) is 2.55. The number of carbonyl (C=O) groups is 1. The van der Waals surface area contributed by atoms with E-state index in [9.17, 15) is 14.7 Å². The molecule has 2 rings (SSSR count). The minimum absolute atomic E-state index is 0.256. The number of ketones is 1. The summed E-state index contributed by atoms with van der Waals surface area (Å²) in [5, 5.41) is 9.63. The lowest BCUT2D eigenvalue weighted by molar-refractivity contribution is 0.104. The van der Waals surface area contributed by atoms with Gasteiger partial charge in [0.05, 0.1) is 0 Å². The van der Waals surface area contributed by atoms with Gasteiger partial charge in [0.25, 0.3) is 0 Å². The molecule has 0 radical (unpaired) electrons. The van der Waals surface area contributed by atoms with E-state index in [1.807, 2.05) is 30.3 Å². The first-order valence-corrected chi connectivity index (χ1v) is 5.69. The van der Waals surface area contributed by atoms with Crippen molar-refractivity contribution in [2.45, 2.75) is 6.92 Å². The molecule has 1 heterocycles. The van der Waals surface area contributed by atoms with E-state index < -0.39 is 11.4 Å². The fourth-order valence-electron chi connectivity index (χ4n) is 1.64. The molecule has 0 fully saturated rings. The van der Waals surface area contributed by atoms with Crippen LogP contribution >= 0.6 is 0 Å². The molecular formula is C15H12O4. The summed E-state index contributed by atoms with van der Waals surface area (Å²) in [6.07, 6.45) is 2.80. The lowest BCUT2D eigenvalue weighted by atomic mass is 10.1. The average Bonchev–Trinajstić information content (AvgIpc) is 2.36. The van der Waals surface area contributed by atoms with Crippen molar-refractivity contribution >= 4 is 11.9 Å². The minimum atomic E-state index is -0.833. The largest absolute Gasteiger partial charge is 0.507 e. The Morgan fingerprint density at radius 2 is 1.95 bits per heavy atom. The highest BCUT2D eigenvalue weighted by Gasteiger charge is 2.15. The van der Waals surface area contributed by atoms with E-state index in [1.54, 1.807) is 6.08 Å². The summed E-state index contributed by atoms with van der Waals surface area (Å²) in [4.78, 5) is 23.4. The van der Waals surface area contributed by atoms with Gasteiger partial charge >= 0.3 is 5.63 Å². The molecule has 4 heteroatoms. The Hall–Kier alpha value is -2.62. The van der Waals surface area contributed by atoms with Gasteiger partial charge in [-0.1, -0.05) is 36.4 Å². The fraction of sp³-hybridized carbons (Fsp3) is 0.0667. The predicted molar refractivity (Wildman–Crippen MR) is 71.2 cm³/mol. The van der Waals surface area contributed by atoms with Gasteiger partial charge in [-0.2, -0.15) is 0 Å². The van der Waals surface area contributed by atoms with Gasteiger partial charge in [-0.3, -0.25) is 4.79 Å². The summed E-state index contributed by atoms with van der Waals surface area (Å²) in [6.45, 7) is 1.52. The van der Waals surface area contributed by atoms with Crippen LogP contribution in [0.1, 0.15) is 21.7 Å². The maximum absolute atomic E-state index is 11.9. The van der Waals surface area contributed by atoms with Gasteiger partial charge in [-0.15, -0.1) is 0 Å². The van der Waals surface area contributed by atoms with Crippen molar-refractivity contribution in [2.75, 3.05) is 0 Å². The smallest absolute Gasteiger partial charge is 0.351 e. The summed E-state index contributed by atoms with van der Waals surface area (Å²) in [5.74, 6) is -0.697. The monoisotopic (exact) mass is 256 g/mol. The molecule has 1 aromatic carbocycles. The van der Waals surface area contributed by atoms with Gasteiger partial charge in [-0.05, 0) is 18.6 Å². The second-order valence-corrected chi connectivity index (χ2v) is 4.01. The molecule has 1 aromatic heterocycles. The third-order valence-electron chi connectivity index (χ3n) is 2.53. The van der Waals surface area contributed by atoms with E-state index in [-0.39, 0.29) is 17.1 Å². The number of allylic oxidation sites excluding steroid dienone is 1. The highest BCUT2D eigenvalue weighted by atomic mass is 16.4. The Morgan fingerprint density at radius 3 is 2.58 bits per heavy atom. The van der Waals surface area contributed by atoms with Crippen LogP contribution < -0.4 is 5.63 Å². The van der Waals surface area contributed by atoms with Crippen LogP contribution in [0.3, 0.4) is 0 Å². The van der Waals surface area contributed by atoms with E-state index in [0.29, 0.717) is 0 Å². The number of aromatic hydroxyl groups is 1. The zero-order valence-electron chi connectivity index (χ0n) is 10.3. The van der Waals surface area contributed by atoms with Crippen molar-refractivity contribution in [1.82, 2.24) is 0 Å². The van der Waals surface area contributed by atoms with Crippen LogP contribution in [0.5, 0.6) is 5.75 Å². The van der Waals surface area contributed by atoms with Gasteiger partial charge in [0, 0.05) is 6.07 Å². The molecule has 0 aliphatic rings. The Morgan fingerprint density at radius 1 is 1.26 bits per heavy atom. The third kappa shape index (κ3) is 2.98. The van der Waals surface area contributed by atoms with Crippen molar-refractivity contribution < 1.29 is 14.3 Å². The molecule has 19 heavy (non-hydrogen) atoms. The van der Waals surface area contributed by atoms with E-state index in [1.165, 1.54) is 19.1 Å². The van der Waals surface area contributed by atoms with Crippen molar-refractivity contribution in [3.05, 3.63) is 69.8 Å². The summed E-state index contributed by atoms with van der Waals surface area (Å²) < 4.78 is 4.79. The molecule has 4 nitrogen and oxygen atoms in total. The second-order valence-electron chi connectivity index (χ2n) is 4.01. The first-order valence-electron chi connectivity index (χ1n) is 5.69. The average molecular weight is 256 g/mol. The zero-order valence-corrected chi connectivity index (χ0v) is 10.3. The third-order valence-corrected chi connectivity index (χ3v) is 2.53. The number of rotatable bonds is 3. The zero-order chi connectivity index (χ0) is 13.8.